The monoisotopic (exact) mass is 490 g/mol. The van der Waals surface area contributed by atoms with Gasteiger partial charge in [-0.1, -0.05) is 26.2 Å². The summed E-state index contributed by atoms with van der Waals surface area (Å²) >= 11 is 0. The molecule has 4 atom stereocenters. The lowest BCUT2D eigenvalue weighted by Crippen LogP contribution is -2.55. The average Bonchev–Trinajstić information content (AvgIpc) is 3.09. The summed E-state index contributed by atoms with van der Waals surface area (Å²) in [6.07, 6.45) is -11.6. The minimum absolute atomic E-state index is 0.0161. The first kappa shape index (κ1) is 20.0. The lowest BCUT2D eigenvalue weighted by atomic mass is 9.56. The van der Waals surface area contributed by atoms with Crippen LogP contribution in [-0.2, 0) is 4.79 Å². The zero-order valence-electron chi connectivity index (χ0n) is 24.6. The summed E-state index contributed by atoms with van der Waals surface area (Å²) in [5.74, 6) is 2.05. The van der Waals surface area contributed by atoms with Crippen molar-refractivity contribution in [3.05, 3.63) is 0 Å². The van der Waals surface area contributed by atoms with Gasteiger partial charge in [0.25, 0.3) is 0 Å². The van der Waals surface area contributed by atoms with E-state index in [0.717, 1.165) is 5.92 Å². The molecule has 0 amide bonds. The van der Waals surface area contributed by atoms with Gasteiger partial charge in [0.15, 0.2) is 0 Å². The Morgan fingerprint density at radius 3 is 2.24 bits per heavy atom. The van der Waals surface area contributed by atoms with Gasteiger partial charge in [-0.25, -0.2) is 0 Å². The van der Waals surface area contributed by atoms with Gasteiger partial charge < -0.3 is 10.2 Å². The number of carbonyl (C=O) groups excluding carboxylic acids is 1. The number of aliphatic hydroxyl groups is 2. The fraction of sp³-hybridized carbons (Fsp3) is 0.875. The molecule has 2 saturated carbocycles. The average molecular weight is 491 g/mol. The van der Waals surface area contributed by atoms with E-state index in [9.17, 15) is 41.4 Å². The standard InChI is InChI=1S/C24H34F6O3/c1-19(2,32)11-6-12-20(3,13-7-15-22(33,23(25,26)27)24(28,29)30)18-10-9-16-17(31)8-5-14-21(16,18)4/h16,18,32-33H,5-6,8-14H2,1-4H3/t16?,18-,20-,21+/m1/s1/i1D3,2D3. The van der Waals surface area contributed by atoms with Crippen LogP contribution in [0.2, 0.25) is 0 Å². The van der Waals surface area contributed by atoms with Crippen LogP contribution in [0.25, 0.3) is 0 Å². The fourth-order valence-electron chi connectivity index (χ4n) is 5.89. The Labute approximate surface area is 199 Å². The Morgan fingerprint density at radius 1 is 1.09 bits per heavy atom. The van der Waals surface area contributed by atoms with Crippen molar-refractivity contribution < 1.29 is 49.6 Å². The van der Waals surface area contributed by atoms with Crippen molar-refractivity contribution >= 4 is 5.78 Å². The van der Waals surface area contributed by atoms with E-state index in [-0.39, 0.29) is 24.5 Å². The fourth-order valence-corrected chi connectivity index (χ4v) is 5.89. The molecule has 0 aromatic carbocycles. The number of ketones is 1. The summed E-state index contributed by atoms with van der Waals surface area (Å²) in [5.41, 5.74) is -10.2. The molecular weight excluding hydrogens is 450 g/mol. The maximum atomic E-state index is 13.2. The predicted molar refractivity (Wildman–Crippen MR) is 111 cm³/mol. The number of carbonyl (C=O) groups is 1. The molecule has 9 heteroatoms. The number of Topliss-reactive ketones (excluding diaryl/α,β-unsaturated/α-hetero) is 1. The normalized spacial score (nSPS) is 32.1. The van der Waals surface area contributed by atoms with Gasteiger partial charge in [-0.05, 0) is 74.9 Å². The van der Waals surface area contributed by atoms with Crippen LogP contribution in [0.4, 0.5) is 26.3 Å². The smallest absolute Gasteiger partial charge is 0.390 e. The molecule has 190 valence electrons. The number of fused-ring (bicyclic) bond motifs is 1. The van der Waals surface area contributed by atoms with Crippen molar-refractivity contribution in [3.63, 3.8) is 0 Å². The van der Waals surface area contributed by atoms with Crippen LogP contribution in [0.1, 0.15) is 93.6 Å². The zero-order chi connectivity index (χ0) is 30.5. The molecule has 33 heavy (non-hydrogen) atoms. The highest BCUT2D eigenvalue weighted by Gasteiger charge is 2.70. The van der Waals surface area contributed by atoms with Crippen LogP contribution in [0.3, 0.4) is 0 Å². The molecule has 1 unspecified atom stereocenters. The number of hydrogen-bond donors (Lipinski definition) is 2. The number of alkyl halides is 6. The Hall–Kier alpha value is -1.27. The molecule has 0 radical (unpaired) electrons. The Bertz CT molecular complexity index is 953. The largest absolute Gasteiger partial charge is 0.438 e. The maximum Gasteiger partial charge on any atom is 0.438 e. The molecule has 0 saturated heterocycles. The third kappa shape index (κ3) is 5.70. The van der Waals surface area contributed by atoms with Crippen molar-refractivity contribution in [2.24, 2.45) is 22.7 Å². The number of halogens is 6. The van der Waals surface area contributed by atoms with Gasteiger partial charge in [0.05, 0.1) is 5.60 Å². The summed E-state index contributed by atoms with van der Waals surface area (Å²) < 4.78 is 124. The molecule has 0 aliphatic heterocycles. The molecule has 2 N–H and O–H groups in total. The van der Waals surface area contributed by atoms with Crippen molar-refractivity contribution in [2.75, 3.05) is 0 Å². The highest BCUT2D eigenvalue weighted by Crippen LogP contribution is 2.61. The third-order valence-electron chi connectivity index (χ3n) is 7.57. The Morgan fingerprint density at radius 2 is 1.70 bits per heavy atom. The van der Waals surface area contributed by atoms with Crippen LogP contribution in [0, 0.1) is 34.5 Å². The highest BCUT2D eigenvalue weighted by molar-refractivity contribution is 5.83. The molecular formula is C24H34F6O3. The first-order chi connectivity index (χ1) is 17.3. The van der Waals surface area contributed by atoms with Gasteiger partial charge in [-0.2, -0.15) is 26.3 Å². The van der Waals surface area contributed by atoms with Crippen LogP contribution in [0.15, 0.2) is 0 Å². The quantitative estimate of drug-likeness (QED) is 0.356. The molecule has 2 fully saturated rings. The molecule has 0 aromatic rings. The number of rotatable bonds is 6. The lowest BCUT2D eigenvalue weighted by Gasteiger charge is -2.48. The Kier molecular flexibility index (Phi) is 5.49. The van der Waals surface area contributed by atoms with E-state index in [1.165, 1.54) is 0 Å². The summed E-state index contributed by atoms with van der Waals surface area (Å²) in [6.45, 7) is -3.22. The third-order valence-corrected chi connectivity index (χ3v) is 7.57. The van der Waals surface area contributed by atoms with Gasteiger partial charge in [0.2, 0.25) is 0 Å². The van der Waals surface area contributed by atoms with Crippen LogP contribution < -0.4 is 0 Å². The van der Waals surface area contributed by atoms with Crippen molar-refractivity contribution in [1.29, 1.82) is 0 Å². The minimum atomic E-state index is -6.13. The maximum absolute atomic E-state index is 13.2. The minimum Gasteiger partial charge on any atom is -0.390 e. The first-order valence-corrected chi connectivity index (χ1v) is 10.9. The van der Waals surface area contributed by atoms with E-state index < -0.39 is 66.8 Å². The summed E-state index contributed by atoms with van der Waals surface area (Å²) in [4.78, 5) is 12.6. The molecule has 0 bridgehead atoms. The van der Waals surface area contributed by atoms with Gasteiger partial charge in [-0.15, -0.1) is 0 Å². The lowest BCUT2D eigenvalue weighted by molar-refractivity contribution is -0.343. The van der Waals surface area contributed by atoms with Gasteiger partial charge in [0.1, 0.15) is 5.78 Å². The number of hydrogen-bond acceptors (Lipinski definition) is 3. The zero-order valence-corrected chi connectivity index (χ0v) is 18.6. The van der Waals surface area contributed by atoms with Gasteiger partial charge in [-0.3, -0.25) is 4.79 Å². The van der Waals surface area contributed by atoms with E-state index in [0.29, 0.717) is 32.1 Å². The second kappa shape index (κ2) is 9.07. The highest BCUT2D eigenvalue weighted by atomic mass is 19.4. The van der Waals surface area contributed by atoms with Gasteiger partial charge in [0, 0.05) is 27.0 Å². The summed E-state index contributed by atoms with van der Waals surface area (Å²) in [7, 11) is 0. The molecule has 0 spiro atoms. The van der Waals surface area contributed by atoms with E-state index >= 15 is 0 Å². The Balaban J connectivity index is 2.48. The molecule has 0 heterocycles. The predicted octanol–water partition coefficient (Wildman–Crippen LogP) is 5.97. The van der Waals surface area contributed by atoms with Crippen molar-refractivity contribution in [2.45, 2.75) is 109 Å². The molecule has 0 aromatic heterocycles. The molecule has 2 aliphatic carbocycles. The van der Waals surface area contributed by atoms with Crippen LogP contribution in [-0.4, -0.2) is 39.6 Å². The van der Waals surface area contributed by atoms with E-state index in [1.807, 2.05) is 12.8 Å². The molecule has 3 nitrogen and oxygen atoms in total. The summed E-state index contributed by atoms with van der Waals surface area (Å²) in [5, 5.41) is 20.1. The second-order valence-electron chi connectivity index (χ2n) is 10.1. The second-order valence-corrected chi connectivity index (χ2v) is 10.1. The van der Waals surface area contributed by atoms with Crippen LogP contribution >= 0.6 is 0 Å². The van der Waals surface area contributed by atoms with E-state index in [1.54, 1.807) is 6.92 Å². The molecule has 2 rings (SSSR count). The SMILES string of the molecule is [2H]C([2H])([2H])C(O)(CCC[C@](C)(CC#CC(O)(C(F)(F)F)C(F)(F)F)[C@H]1CCC2C(=O)CCC[C@@]21C)C([2H])([2H])[2H]. The first-order valence-electron chi connectivity index (χ1n) is 13.9. The molecule has 2 aliphatic rings. The van der Waals surface area contributed by atoms with Gasteiger partial charge >= 0.3 is 18.0 Å². The topological polar surface area (TPSA) is 57.5 Å². The van der Waals surface area contributed by atoms with E-state index in [4.69, 9.17) is 8.22 Å². The van der Waals surface area contributed by atoms with Crippen molar-refractivity contribution in [3.8, 4) is 11.8 Å². The van der Waals surface area contributed by atoms with Crippen molar-refractivity contribution in [1.82, 2.24) is 0 Å². The van der Waals surface area contributed by atoms with E-state index in [2.05, 4.69) is 0 Å². The summed E-state index contributed by atoms with van der Waals surface area (Å²) in [6, 6.07) is 0. The van der Waals surface area contributed by atoms with Crippen LogP contribution in [0.5, 0.6) is 0 Å².